The van der Waals surface area contributed by atoms with Gasteiger partial charge < -0.3 is 30.9 Å². The molecule has 1 fully saturated rings. The van der Waals surface area contributed by atoms with Crippen LogP contribution in [0.1, 0.15) is 60.0 Å². The highest BCUT2D eigenvalue weighted by Gasteiger charge is 2.30. The zero-order chi connectivity index (χ0) is 29.4. The molecule has 4 N–H and O–H groups in total. The average Bonchev–Trinajstić information content (AvgIpc) is 3.77. The number of amides is 3. The number of rotatable bonds is 14. The lowest BCUT2D eigenvalue weighted by atomic mass is 10.1. The van der Waals surface area contributed by atoms with Gasteiger partial charge >= 0.3 is 0 Å². The van der Waals surface area contributed by atoms with Gasteiger partial charge in [0.1, 0.15) is 11.8 Å². The first-order valence-electron chi connectivity index (χ1n) is 13.5. The van der Waals surface area contributed by atoms with Crippen molar-refractivity contribution in [1.82, 2.24) is 25.1 Å². The summed E-state index contributed by atoms with van der Waals surface area (Å²) in [6.07, 6.45) is 6.54. The molecule has 11 nitrogen and oxygen atoms in total. The number of hydrogen-bond acceptors (Lipinski definition) is 8. The molecule has 1 atom stereocenters. The topological polar surface area (TPSA) is 143 Å². The van der Waals surface area contributed by atoms with Gasteiger partial charge in [0.05, 0.1) is 18.5 Å². The Morgan fingerprint density at radius 1 is 1.18 bits per heavy atom. The van der Waals surface area contributed by atoms with Crippen molar-refractivity contribution < 1.29 is 19.1 Å². The molecule has 0 spiro atoms. The standard InChI is InChI=1S/C29H41N7O4/c1-7-23-25(20-10-11-20)34-28(26(33-23)27(30)38)32-21-15-19(16-22(17-21)40-6)12-13-31-29(39)18(2)36(5)24(37)9-8-14-35(3)4/h8-9,15-18,20H,7,10-14H2,1-6H3,(H2,30,38)(H,31,39)(H,32,34)/b9-8+/t18-/m0/s1. The average molecular weight is 552 g/mol. The number of carbonyl (C=O) groups is 3. The Bertz CT molecular complexity index is 1260. The molecule has 0 radical (unpaired) electrons. The van der Waals surface area contributed by atoms with E-state index in [2.05, 4.69) is 15.6 Å². The maximum atomic E-state index is 12.7. The van der Waals surface area contributed by atoms with Crippen molar-refractivity contribution in [2.24, 2.45) is 5.73 Å². The molecule has 0 bridgehead atoms. The Kier molecular flexibility index (Phi) is 10.6. The quantitative estimate of drug-likeness (QED) is 0.304. The van der Waals surface area contributed by atoms with Gasteiger partial charge in [-0.2, -0.15) is 0 Å². The zero-order valence-corrected chi connectivity index (χ0v) is 24.3. The lowest BCUT2D eigenvalue weighted by molar-refractivity contribution is -0.135. The third-order valence-corrected chi connectivity index (χ3v) is 6.75. The van der Waals surface area contributed by atoms with E-state index in [0.717, 1.165) is 29.8 Å². The molecule has 11 heteroatoms. The van der Waals surface area contributed by atoms with Crippen molar-refractivity contribution in [1.29, 1.82) is 0 Å². The highest BCUT2D eigenvalue weighted by molar-refractivity contribution is 5.96. The zero-order valence-electron chi connectivity index (χ0n) is 24.3. The van der Waals surface area contributed by atoms with E-state index >= 15 is 0 Å². The molecule has 216 valence electrons. The summed E-state index contributed by atoms with van der Waals surface area (Å²) in [5.41, 5.74) is 9.00. The minimum absolute atomic E-state index is 0.0992. The van der Waals surface area contributed by atoms with Crippen LogP contribution in [-0.4, -0.2) is 84.9 Å². The van der Waals surface area contributed by atoms with Crippen molar-refractivity contribution in [3.63, 3.8) is 0 Å². The largest absolute Gasteiger partial charge is 0.497 e. The summed E-state index contributed by atoms with van der Waals surface area (Å²) in [4.78, 5) is 49.9. The van der Waals surface area contributed by atoms with Crippen LogP contribution in [-0.2, 0) is 22.4 Å². The van der Waals surface area contributed by atoms with E-state index in [-0.39, 0.29) is 17.5 Å². The smallest absolute Gasteiger partial charge is 0.271 e. The van der Waals surface area contributed by atoms with E-state index in [0.29, 0.717) is 49.1 Å². The number of benzene rings is 1. The van der Waals surface area contributed by atoms with Crippen molar-refractivity contribution in [2.75, 3.05) is 46.7 Å². The lowest BCUT2D eigenvalue weighted by Crippen LogP contribution is -2.45. The van der Waals surface area contributed by atoms with Crippen LogP contribution in [0.15, 0.2) is 30.4 Å². The second kappa shape index (κ2) is 13.9. The van der Waals surface area contributed by atoms with E-state index in [9.17, 15) is 14.4 Å². The predicted molar refractivity (Wildman–Crippen MR) is 155 cm³/mol. The molecule has 1 heterocycles. The number of nitrogens with one attached hydrogen (secondary N) is 2. The van der Waals surface area contributed by atoms with Gasteiger partial charge in [0.15, 0.2) is 11.5 Å². The van der Waals surface area contributed by atoms with E-state index in [1.165, 1.54) is 11.0 Å². The number of aryl methyl sites for hydroxylation is 1. The fourth-order valence-corrected chi connectivity index (χ4v) is 4.14. The molecule has 0 unspecified atom stereocenters. The number of nitrogens with zero attached hydrogens (tertiary/aromatic N) is 4. The maximum absolute atomic E-state index is 12.7. The molecule has 1 saturated carbocycles. The number of likely N-dealkylation sites (N-methyl/N-ethyl adjacent to an activating group) is 2. The van der Waals surface area contributed by atoms with Gasteiger partial charge in [0.25, 0.3) is 5.91 Å². The third kappa shape index (κ3) is 8.25. The van der Waals surface area contributed by atoms with Crippen LogP contribution in [0.2, 0.25) is 0 Å². The first kappa shape index (κ1) is 30.6. The molecular weight excluding hydrogens is 510 g/mol. The van der Waals surface area contributed by atoms with Gasteiger partial charge in [-0.1, -0.05) is 13.0 Å². The molecule has 1 aliphatic carbocycles. The summed E-state index contributed by atoms with van der Waals surface area (Å²) >= 11 is 0. The Labute approximate surface area is 236 Å². The first-order chi connectivity index (χ1) is 19.0. The highest BCUT2D eigenvalue weighted by Crippen LogP contribution is 2.41. The van der Waals surface area contributed by atoms with Crippen LogP contribution < -0.4 is 21.1 Å². The number of methoxy groups -OCH3 is 1. The van der Waals surface area contributed by atoms with E-state index in [4.69, 9.17) is 15.5 Å². The van der Waals surface area contributed by atoms with E-state index < -0.39 is 11.9 Å². The van der Waals surface area contributed by atoms with Crippen LogP contribution in [0.25, 0.3) is 0 Å². The molecular formula is C29H41N7O4. The minimum atomic E-state index is -0.649. The van der Waals surface area contributed by atoms with Crippen molar-refractivity contribution in [2.45, 2.75) is 51.5 Å². The molecule has 0 aliphatic heterocycles. The number of hydrogen-bond donors (Lipinski definition) is 3. The first-order valence-corrected chi connectivity index (χ1v) is 13.5. The number of nitrogens with two attached hydrogens (primary N) is 1. The molecule has 1 aromatic heterocycles. The van der Waals surface area contributed by atoms with Gasteiger partial charge in [-0.05, 0) is 64.4 Å². The number of ether oxygens (including phenoxy) is 1. The maximum Gasteiger partial charge on any atom is 0.271 e. The van der Waals surface area contributed by atoms with Crippen LogP contribution in [0.5, 0.6) is 5.75 Å². The number of carbonyl (C=O) groups excluding carboxylic acids is 3. The molecule has 3 rings (SSSR count). The van der Waals surface area contributed by atoms with Gasteiger partial charge in [-0.25, -0.2) is 9.97 Å². The normalized spacial score (nSPS) is 13.8. The molecule has 40 heavy (non-hydrogen) atoms. The summed E-state index contributed by atoms with van der Waals surface area (Å²) in [6.45, 7) is 4.68. The fraction of sp³-hybridized carbons (Fsp3) is 0.483. The van der Waals surface area contributed by atoms with E-state index in [1.54, 1.807) is 33.2 Å². The van der Waals surface area contributed by atoms with Gasteiger partial charge in [0, 0.05) is 43.9 Å². The molecule has 1 aromatic carbocycles. The summed E-state index contributed by atoms with van der Waals surface area (Å²) in [5, 5.41) is 6.12. The molecule has 1 aliphatic rings. The minimum Gasteiger partial charge on any atom is -0.497 e. The summed E-state index contributed by atoms with van der Waals surface area (Å²) < 4.78 is 5.48. The Morgan fingerprint density at radius 3 is 2.50 bits per heavy atom. The Balaban J connectivity index is 1.68. The Morgan fingerprint density at radius 2 is 1.90 bits per heavy atom. The van der Waals surface area contributed by atoms with Crippen LogP contribution in [0.4, 0.5) is 11.5 Å². The summed E-state index contributed by atoms with van der Waals surface area (Å²) in [6, 6.07) is 4.95. The van der Waals surface area contributed by atoms with Crippen molar-refractivity contribution >= 4 is 29.2 Å². The fourth-order valence-electron chi connectivity index (χ4n) is 4.14. The SMILES string of the molecule is CCc1nc(C(N)=O)c(Nc2cc(CCNC(=O)[C@H](C)N(C)C(=O)/C=C/CN(C)C)cc(OC)c2)nc1C1CC1. The molecule has 0 saturated heterocycles. The lowest BCUT2D eigenvalue weighted by Gasteiger charge is -2.23. The summed E-state index contributed by atoms with van der Waals surface area (Å²) in [7, 11) is 7.01. The van der Waals surface area contributed by atoms with Crippen molar-refractivity contribution in [3.05, 3.63) is 53.0 Å². The van der Waals surface area contributed by atoms with Gasteiger partial charge in [-0.15, -0.1) is 0 Å². The number of anilines is 2. The van der Waals surface area contributed by atoms with Crippen molar-refractivity contribution in [3.8, 4) is 5.75 Å². The molecule has 2 aromatic rings. The van der Waals surface area contributed by atoms with Gasteiger partial charge in [0.2, 0.25) is 11.8 Å². The highest BCUT2D eigenvalue weighted by atomic mass is 16.5. The predicted octanol–water partition coefficient (Wildman–Crippen LogP) is 2.39. The van der Waals surface area contributed by atoms with Crippen LogP contribution in [0.3, 0.4) is 0 Å². The summed E-state index contributed by atoms with van der Waals surface area (Å²) in [5.74, 6) is 0.158. The monoisotopic (exact) mass is 551 g/mol. The number of primary amides is 1. The van der Waals surface area contributed by atoms with E-state index in [1.807, 2.05) is 38.1 Å². The van der Waals surface area contributed by atoms with Gasteiger partial charge in [-0.3, -0.25) is 14.4 Å². The third-order valence-electron chi connectivity index (χ3n) is 6.75. The second-order valence-electron chi connectivity index (χ2n) is 10.3. The second-order valence-corrected chi connectivity index (χ2v) is 10.3. The molecule has 3 amide bonds. The van der Waals surface area contributed by atoms with Crippen LogP contribution >= 0.6 is 0 Å². The Hall–Kier alpha value is -3.99. The van der Waals surface area contributed by atoms with Crippen LogP contribution in [0, 0.1) is 0 Å². The number of aromatic nitrogens is 2.